The van der Waals surface area contributed by atoms with Crippen molar-refractivity contribution in [3.63, 3.8) is 0 Å². The number of rotatable bonds is 1. The molecule has 0 radical (unpaired) electrons. The number of nitrogens with zero attached hydrogens (tertiary/aromatic N) is 1. The molecule has 2 atom stereocenters. The van der Waals surface area contributed by atoms with E-state index in [1.807, 2.05) is 16.3 Å². The Morgan fingerprint density at radius 3 is 2.56 bits per heavy atom. The number of likely N-dealkylation sites (tertiary alicyclic amines) is 1. The Kier molecular flexibility index (Phi) is 3.70. The number of halogens is 1. The monoisotopic (exact) mass is 301 g/mol. The molecule has 4 heteroatoms. The smallest absolute Gasteiger partial charge is 0.263 e. The minimum Gasteiger partial charge on any atom is -0.337 e. The molecule has 0 saturated carbocycles. The van der Waals surface area contributed by atoms with Crippen LogP contribution in [-0.4, -0.2) is 23.9 Å². The summed E-state index contributed by atoms with van der Waals surface area (Å²) in [6.45, 7) is 6.25. The van der Waals surface area contributed by atoms with Gasteiger partial charge in [0, 0.05) is 22.9 Å². The molecule has 2 rings (SSSR count). The van der Waals surface area contributed by atoms with E-state index in [0.717, 1.165) is 22.4 Å². The molecular formula is C12H16BrNOS. The third-order valence-electron chi connectivity index (χ3n) is 2.93. The zero-order valence-corrected chi connectivity index (χ0v) is 12.0. The van der Waals surface area contributed by atoms with Gasteiger partial charge in [-0.05, 0) is 40.3 Å². The van der Waals surface area contributed by atoms with Crippen molar-refractivity contribution in [2.24, 2.45) is 11.8 Å². The molecule has 1 aliphatic rings. The van der Waals surface area contributed by atoms with E-state index in [0.29, 0.717) is 11.8 Å². The lowest BCUT2D eigenvalue weighted by atomic mass is 9.92. The number of amides is 1. The van der Waals surface area contributed by atoms with Gasteiger partial charge in [0.15, 0.2) is 0 Å². The summed E-state index contributed by atoms with van der Waals surface area (Å²) in [5, 5.41) is 1.96. The normalized spacial score (nSPS) is 25.8. The molecule has 0 aromatic carbocycles. The molecule has 1 aliphatic heterocycles. The highest BCUT2D eigenvalue weighted by Crippen LogP contribution is 2.26. The number of hydrogen-bond donors (Lipinski definition) is 0. The van der Waals surface area contributed by atoms with Crippen molar-refractivity contribution in [2.45, 2.75) is 20.3 Å². The Balaban J connectivity index is 2.09. The van der Waals surface area contributed by atoms with Crippen LogP contribution in [0.1, 0.15) is 29.9 Å². The van der Waals surface area contributed by atoms with E-state index in [1.54, 1.807) is 0 Å². The summed E-state index contributed by atoms with van der Waals surface area (Å²) < 4.78 is 0.999. The van der Waals surface area contributed by atoms with Gasteiger partial charge in [-0.1, -0.05) is 13.8 Å². The van der Waals surface area contributed by atoms with Crippen molar-refractivity contribution in [1.29, 1.82) is 0 Å². The van der Waals surface area contributed by atoms with Crippen LogP contribution in [0.2, 0.25) is 0 Å². The van der Waals surface area contributed by atoms with E-state index in [2.05, 4.69) is 29.8 Å². The molecule has 0 bridgehead atoms. The fraction of sp³-hybridized carbons (Fsp3) is 0.583. The molecule has 1 aromatic heterocycles. The van der Waals surface area contributed by atoms with Crippen LogP contribution in [0.4, 0.5) is 0 Å². The van der Waals surface area contributed by atoms with Crippen LogP contribution >= 0.6 is 27.3 Å². The van der Waals surface area contributed by atoms with Crippen LogP contribution in [0.5, 0.6) is 0 Å². The number of piperidine rings is 1. The fourth-order valence-electron chi connectivity index (χ4n) is 2.41. The Labute approximate surface area is 109 Å². The molecule has 0 unspecified atom stereocenters. The summed E-state index contributed by atoms with van der Waals surface area (Å²) >= 11 is 4.90. The summed E-state index contributed by atoms with van der Waals surface area (Å²) in [7, 11) is 0. The Hall–Kier alpha value is -0.350. The van der Waals surface area contributed by atoms with Crippen LogP contribution in [0.25, 0.3) is 0 Å². The first kappa shape index (κ1) is 12.1. The first-order chi connectivity index (χ1) is 7.56. The second-order valence-corrected chi connectivity index (χ2v) is 6.61. The zero-order valence-electron chi connectivity index (χ0n) is 9.57. The van der Waals surface area contributed by atoms with Crippen LogP contribution in [0, 0.1) is 11.8 Å². The van der Waals surface area contributed by atoms with Crippen LogP contribution in [-0.2, 0) is 0 Å². The predicted octanol–water partition coefficient (Wildman–Crippen LogP) is 3.63. The van der Waals surface area contributed by atoms with E-state index in [9.17, 15) is 4.79 Å². The first-order valence-corrected chi connectivity index (χ1v) is 7.27. The van der Waals surface area contributed by atoms with Crippen LogP contribution in [0.15, 0.2) is 15.9 Å². The number of hydrogen-bond acceptors (Lipinski definition) is 2. The van der Waals surface area contributed by atoms with Crippen molar-refractivity contribution in [1.82, 2.24) is 4.90 Å². The highest BCUT2D eigenvalue weighted by Gasteiger charge is 2.26. The van der Waals surface area contributed by atoms with Gasteiger partial charge >= 0.3 is 0 Å². The van der Waals surface area contributed by atoms with Gasteiger partial charge in [0.05, 0.1) is 4.88 Å². The molecule has 1 saturated heterocycles. The standard InChI is InChI=1S/C12H16BrNOS/c1-8-3-9(2)6-14(5-8)12(15)11-4-10(13)7-16-11/h4,7-9H,3,5-6H2,1-2H3/t8-,9+. The maximum atomic E-state index is 12.2. The van der Waals surface area contributed by atoms with E-state index < -0.39 is 0 Å². The van der Waals surface area contributed by atoms with Gasteiger partial charge < -0.3 is 4.90 Å². The maximum absolute atomic E-state index is 12.2. The second kappa shape index (κ2) is 4.88. The molecule has 2 heterocycles. The molecule has 0 N–H and O–H groups in total. The van der Waals surface area contributed by atoms with Gasteiger partial charge in [0.1, 0.15) is 0 Å². The van der Waals surface area contributed by atoms with E-state index in [4.69, 9.17) is 0 Å². The highest BCUT2D eigenvalue weighted by atomic mass is 79.9. The fourth-order valence-corrected chi connectivity index (χ4v) is 3.80. The minimum atomic E-state index is 0.189. The quantitative estimate of drug-likeness (QED) is 0.776. The van der Waals surface area contributed by atoms with Gasteiger partial charge in [-0.3, -0.25) is 4.79 Å². The third kappa shape index (κ3) is 2.66. The molecule has 0 aliphatic carbocycles. The Morgan fingerprint density at radius 2 is 2.06 bits per heavy atom. The van der Waals surface area contributed by atoms with Gasteiger partial charge in [-0.2, -0.15) is 0 Å². The van der Waals surface area contributed by atoms with Gasteiger partial charge in [0.2, 0.25) is 0 Å². The number of thiophene rings is 1. The molecular weight excluding hydrogens is 286 g/mol. The molecule has 1 fully saturated rings. The summed E-state index contributed by atoms with van der Waals surface area (Å²) in [5.74, 6) is 1.43. The molecule has 16 heavy (non-hydrogen) atoms. The third-order valence-corrected chi connectivity index (χ3v) is 4.61. The molecule has 88 valence electrons. The molecule has 1 amide bonds. The summed E-state index contributed by atoms with van der Waals surface area (Å²) in [5.41, 5.74) is 0. The zero-order chi connectivity index (χ0) is 11.7. The Morgan fingerprint density at radius 1 is 1.44 bits per heavy atom. The molecule has 0 spiro atoms. The average molecular weight is 302 g/mol. The number of carbonyl (C=O) groups is 1. The maximum Gasteiger partial charge on any atom is 0.263 e. The minimum absolute atomic E-state index is 0.189. The lowest BCUT2D eigenvalue weighted by Gasteiger charge is -2.34. The van der Waals surface area contributed by atoms with Gasteiger partial charge in [-0.15, -0.1) is 11.3 Å². The van der Waals surface area contributed by atoms with Crippen LogP contribution < -0.4 is 0 Å². The van der Waals surface area contributed by atoms with E-state index in [-0.39, 0.29) is 5.91 Å². The highest BCUT2D eigenvalue weighted by molar-refractivity contribution is 9.10. The van der Waals surface area contributed by atoms with Crippen LogP contribution in [0.3, 0.4) is 0 Å². The van der Waals surface area contributed by atoms with E-state index in [1.165, 1.54) is 17.8 Å². The van der Waals surface area contributed by atoms with E-state index >= 15 is 0 Å². The second-order valence-electron chi connectivity index (χ2n) is 4.79. The summed E-state index contributed by atoms with van der Waals surface area (Å²) in [6, 6.07) is 1.91. The van der Waals surface area contributed by atoms with Crippen molar-refractivity contribution in [3.05, 3.63) is 20.8 Å². The van der Waals surface area contributed by atoms with Crippen molar-refractivity contribution >= 4 is 33.2 Å². The largest absolute Gasteiger partial charge is 0.337 e. The number of carbonyl (C=O) groups excluding carboxylic acids is 1. The lowest BCUT2D eigenvalue weighted by molar-refractivity contribution is 0.0628. The van der Waals surface area contributed by atoms with Gasteiger partial charge in [-0.25, -0.2) is 0 Å². The SMILES string of the molecule is C[C@@H]1C[C@H](C)CN(C(=O)c2cc(Br)cs2)C1. The van der Waals surface area contributed by atoms with Crippen molar-refractivity contribution in [2.75, 3.05) is 13.1 Å². The lowest BCUT2D eigenvalue weighted by Crippen LogP contribution is -2.42. The van der Waals surface area contributed by atoms with Gasteiger partial charge in [0.25, 0.3) is 5.91 Å². The molecule has 1 aromatic rings. The van der Waals surface area contributed by atoms with Crippen molar-refractivity contribution < 1.29 is 4.79 Å². The van der Waals surface area contributed by atoms with Crippen molar-refractivity contribution in [3.8, 4) is 0 Å². The Bertz CT molecular complexity index is 380. The average Bonchev–Trinajstić information content (AvgIpc) is 2.62. The summed E-state index contributed by atoms with van der Waals surface area (Å²) in [6.07, 6.45) is 1.23. The topological polar surface area (TPSA) is 20.3 Å². The summed E-state index contributed by atoms with van der Waals surface area (Å²) in [4.78, 5) is 15.1. The first-order valence-electron chi connectivity index (χ1n) is 5.59. The predicted molar refractivity (Wildman–Crippen MR) is 70.9 cm³/mol. The molecule has 2 nitrogen and oxygen atoms in total.